The van der Waals surface area contributed by atoms with E-state index < -0.39 is 0 Å². The summed E-state index contributed by atoms with van der Waals surface area (Å²) in [5, 5.41) is 2.99. The van der Waals surface area contributed by atoms with Gasteiger partial charge in [-0.1, -0.05) is 12.1 Å². The van der Waals surface area contributed by atoms with Gasteiger partial charge in [-0.25, -0.2) is 0 Å². The lowest BCUT2D eigenvalue weighted by Gasteiger charge is -2.21. The van der Waals surface area contributed by atoms with E-state index in [4.69, 9.17) is 5.73 Å². The first-order valence-electron chi connectivity index (χ1n) is 6.00. The van der Waals surface area contributed by atoms with Gasteiger partial charge in [0, 0.05) is 25.3 Å². The number of rotatable bonds is 7. The van der Waals surface area contributed by atoms with E-state index in [9.17, 15) is 4.79 Å². The standard InChI is InChI=1S/C13H21N3O/c1-3-16(4-2)12-7-5-11(6-8-12)9-15-10-13(14)17/h5-8,15H,3-4,9-10H2,1-2H3,(H2,14,17). The molecule has 1 aromatic rings. The maximum absolute atomic E-state index is 10.6. The Hall–Kier alpha value is -1.55. The van der Waals surface area contributed by atoms with Crippen LogP contribution in [-0.2, 0) is 11.3 Å². The number of nitrogens with one attached hydrogen (secondary N) is 1. The summed E-state index contributed by atoms with van der Waals surface area (Å²) in [6.45, 7) is 7.20. The van der Waals surface area contributed by atoms with Crippen LogP contribution in [-0.4, -0.2) is 25.5 Å². The van der Waals surface area contributed by atoms with Gasteiger partial charge in [-0.15, -0.1) is 0 Å². The largest absolute Gasteiger partial charge is 0.372 e. The molecule has 0 atom stereocenters. The molecule has 0 fully saturated rings. The van der Waals surface area contributed by atoms with Gasteiger partial charge in [0.1, 0.15) is 0 Å². The van der Waals surface area contributed by atoms with Gasteiger partial charge in [-0.2, -0.15) is 0 Å². The molecule has 0 unspecified atom stereocenters. The van der Waals surface area contributed by atoms with Crippen molar-refractivity contribution in [1.29, 1.82) is 0 Å². The molecule has 0 aliphatic heterocycles. The van der Waals surface area contributed by atoms with Crippen LogP contribution in [0.4, 0.5) is 5.69 Å². The molecule has 1 rings (SSSR count). The lowest BCUT2D eigenvalue weighted by Crippen LogP contribution is -2.28. The molecule has 4 nitrogen and oxygen atoms in total. The van der Waals surface area contributed by atoms with Gasteiger partial charge in [-0.05, 0) is 31.5 Å². The van der Waals surface area contributed by atoms with Gasteiger partial charge in [0.05, 0.1) is 6.54 Å². The fourth-order valence-electron chi connectivity index (χ4n) is 1.74. The lowest BCUT2D eigenvalue weighted by molar-refractivity contribution is -0.117. The molecule has 0 heterocycles. The lowest BCUT2D eigenvalue weighted by atomic mass is 10.2. The van der Waals surface area contributed by atoms with E-state index in [0.29, 0.717) is 6.54 Å². The maximum Gasteiger partial charge on any atom is 0.231 e. The van der Waals surface area contributed by atoms with Crippen LogP contribution < -0.4 is 16.0 Å². The van der Waals surface area contributed by atoms with Crippen LogP contribution in [0.25, 0.3) is 0 Å². The van der Waals surface area contributed by atoms with Crippen molar-refractivity contribution in [3.63, 3.8) is 0 Å². The highest BCUT2D eigenvalue weighted by molar-refractivity contribution is 5.75. The van der Waals surface area contributed by atoms with Crippen molar-refractivity contribution >= 4 is 11.6 Å². The quantitative estimate of drug-likeness (QED) is 0.744. The Bertz CT molecular complexity index is 344. The number of primary amides is 1. The third kappa shape index (κ3) is 4.44. The third-order valence-corrected chi connectivity index (χ3v) is 2.69. The molecule has 4 heteroatoms. The topological polar surface area (TPSA) is 58.4 Å². The fourth-order valence-corrected chi connectivity index (χ4v) is 1.74. The van der Waals surface area contributed by atoms with E-state index in [2.05, 4.69) is 48.3 Å². The Labute approximate surface area is 103 Å². The first kappa shape index (κ1) is 13.5. The summed E-state index contributed by atoms with van der Waals surface area (Å²) in [7, 11) is 0. The van der Waals surface area contributed by atoms with E-state index in [0.717, 1.165) is 18.7 Å². The van der Waals surface area contributed by atoms with Crippen LogP contribution >= 0.6 is 0 Å². The van der Waals surface area contributed by atoms with Gasteiger partial charge in [0.25, 0.3) is 0 Å². The van der Waals surface area contributed by atoms with E-state index in [1.807, 2.05) is 0 Å². The molecule has 17 heavy (non-hydrogen) atoms. The summed E-state index contributed by atoms with van der Waals surface area (Å²) >= 11 is 0. The zero-order valence-electron chi connectivity index (χ0n) is 10.6. The summed E-state index contributed by atoms with van der Waals surface area (Å²) in [6, 6.07) is 8.35. The zero-order chi connectivity index (χ0) is 12.7. The van der Waals surface area contributed by atoms with Gasteiger partial charge >= 0.3 is 0 Å². The Morgan fingerprint density at radius 3 is 2.29 bits per heavy atom. The number of anilines is 1. The third-order valence-electron chi connectivity index (χ3n) is 2.69. The number of carbonyl (C=O) groups is 1. The van der Waals surface area contributed by atoms with Crippen molar-refractivity contribution in [2.75, 3.05) is 24.5 Å². The fraction of sp³-hybridized carbons (Fsp3) is 0.462. The van der Waals surface area contributed by atoms with Crippen molar-refractivity contribution in [3.8, 4) is 0 Å². The molecule has 3 N–H and O–H groups in total. The van der Waals surface area contributed by atoms with Gasteiger partial charge in [0.2, 0.25) is 5.91 Å². The van der Waals surface area contributed by atoms with E-state index >= 15 is 0 Å². The molecule has 1 amide bonds. The smallest absolute Gasteiger partial charge is 0.231 e. The number of carbonyl (C=O) groups excluding carboxylic acids is 1. The molecule has 94 valence electrons. The zero-order valence-corrected chi connectivity index (χ0v) is 10.6. The SMILES string of the molecule is CCN(CC)c1ccc(CNCC(N)=O)cc1. The van der Waals surface area contributed by atoms with Crippen molar-refractivity contribution in [2.24, 2.45) is 5.73 Å². The first-order valence-corrected chi connectivity index (χ1v) is 6.00. The summed E-state index contributed by atoms with van der Waals surface area (Å²) in [6.07, 6.45) is 0. The van der Waals surface area contributed by atoms with E-state index in [-0.39, 0.29) is 12.5 Å². The van der Waals surface area contributed by atoms with E-state index in [1.54, 1.807) is 0 Å². The molecule has 0 aliphatic carbocycles. The van der Waals surface area contributed by atoms with Gasteiger partial charge < -0.3 is 16.0 Å². The molecule has 0 aromatic heterocycles. The normalized spacial score (nSPS) is 10.2. The molecule has 0 saturated carbocycles. The Balaban J connectivity index is 2.52. The molecule has 0 saturated heterocycles. The maximum atomic E-state index is 10.6. The second-order valence-electron chi connectivity index (χ2n) is 3.91. The van der Waals surface area contributed by atoms with Crippen molar-refractivity contribution in [1.82, 2.24) is 5.32 Å². The highest BCUT2D eigenvalue weighted by atomic mass is 16.1. The number of benzene rings is 1. The monoisotopic (exact) mass is 235 g/mol. The number of nitrogens with two attached hydrogens (primary N) is 1. The Morgan fingerprint density at radius 2 is 1.82 bits per heavy atom. The number of hydrogen-bond acceptors (Lipinski definition) is 3. The van der Waals surface area contributed by atoms with Crippen LogP contribution in [0.3, 0.4) is 0 Å². The Kier molecular flexibility index (Phi) is 5.49. The number of hydrogen-bond donors (Lipinski definition) is 2. The van der Waals surface area contributed by atoms with Crippen LogP contribution in [0.5, 0.6) is 0 Å². The van der Waals surface area contributed by atoms with Gasteiger partial charge in [-0.3, -0.25) is 4.79 Å². The molecule has 0 aliphatic rings. The molecule has 0 bridgehead atoms. The number of nitrogens with zero attached hydrogens (tertiary/aromatic N) is 1. The first-order chi connectivity index (χ1) is 8.17. The summed E-state index contributed by atoms with van der Waals surface area (Å²) in [4.78, 5) is 12.9. The number of amides is 1. The van der Waals surface area contributed by atoms with Crippen molar-refractivity contribution in [3.05, 3.63) is 29.8 Å². The molecule has 0 radical (unpaired) electrons. The molecule has 1 aromatic carbocycles. The molecular formula is C13H21N3O. The second-order valence-corrected chi connectivity index (χ2v) is 3.91. The van der Waals surface area contributed by atoms with Crippen LogP contribution in [0.1, 0.15) is 19.4 Å². The summed E-state index contributed by atoms with van der Waals surface area (Å²) < 4.78 is 0. The van der Waals surface area contributed by atoms with Crippen LogP contribution in [0, 0.1) is 0 Å². The van der Waals surface area contributed by atoms with Crippen LogP contribution in [0.2, 0.25) is 0 Å². The highest BCUT2D eigenvalue weighted by Crippen LogP contribution is 2.14. The molecule has 0 spiro atoms. The average Bonchev–Trinajstić information content (AvgIpc) is 2.32. The van der Waals surface area contributed by atoms with Gasteiger partial charge in [0.15, 0.2) is 0 Å². The summed E-state index contributed by atoms with van der Waals surface area (Å²) in [5.41, 5.74) is 7.43. The second kappa shape index (κ2) is 6.91. The molecular weight excluding hydrogens is 214 g/mol. The predicted octanol–water partition coefficient (Wildman–Crippen LogP) is 1.11. The van der Waals surface area contributed by atoms with Crippen molar-refractivity contribution < 1.29 is 4.79 Å². The van der Waals surface area contributed by atoms with E-state index in [1.165, 1.54) is 5.69 Å². The van der Waals surface area contributed by atoms with Crippen molar-refractivity contribution in [2.45, 2.75) is 20.4 Å². The summed E-state index contributed by atoms with van der Waals surface area (Å²) in [5.74, 6) is -0.329. The highest BCUT2D eigenvalue weighted by Gasteiger charge is 2.01. The Morgan fingerprint density at radius 1 is 1.24 bits per heavy atom. The minimum absolute atomic E-state index is 0.220. The average molecular weight is 235 g/mol. The predicted molar refractivity (Wildman–Crippen MR) is 70.9 cm³/mol. The minimum atomic E-state index is -0.329. The van der Waals surface area contributed by atoms with Crippen LogP contribution in [0.15, 0.2) is 24.3 Å². The minimum Gasteiger partial charge on any atom is -0.372 e.